The summed E-state index contributed by atoms with van der Waals surface area (Å²) in [5.74, 6) is -1.07. The maximum atomic E-state index is 13.5. The number of methoxy groups -OCH3 is 2. The second kappa shape index (κ2) is 10.4. The van der Waals surface area contributed by atoms with Crippen LogP contribution in [-0.2, 0) is 20.7 Å². The van der Waals surface area contributed by atoms with E-state index in [1.54, 1.807) is 27.7 Å². The standard InChI is InChI=1S/C22H30F3N3O6/c1-7-13(27-20(31)34-21(2,3)4)19(30)28-14-8-9-16(32-5)17(33-6)12(14)10-15(28)18(29)26-11-22(23,24)25/h8-9,13,15H,7,10-11H2,1-6H3,(H,26,29)(H,27,31)/t13-,15+/m0/s1. The highest BCUT2D eigenvalue weighted by Gasteiger charge is 2.43. The number of benzene rings is 1. The van der Waals surface area contributed by atoms with Crippen LogP contribution in [0.15, 0.2) is 12.1 Å². The first-order valence-corrected chi connectivity index (χ1v) is 10.6. The lowest BCUT2D eigenvalue weighted by Crippen LogP contribution is -2.55. The Bertz CT molecular complexity index is 930. The summed E-state index contributed by atoms with van der Waals surface area (Å²) in [4.78, 5) is 39.6. The number of alkyl carbamates (subject to hydrolysis) is 1. The number of nitrogens with one attached hydrogen (secondary N) is 2. The summed E-state index contributed by atoms with van der Waals surface area (Å²) in [5, 5.41) is 4.31. The zero-order chi connectivity index (χ0) is 25.8. The Labute approximate surface area is 195 Å². The number of amides is 3. The highest BCUT2D eigenvalue weighted by Crippen LogP contribution is 2.44. The van der Waals surface area contributed by atoms with Gasteiger partial charge in [0.2, 0.25) is 11.8 Å². The fourth-order valence-electron chi connectivity index (χ4n) is 3.60. The zero-order valence-electron chi connectivity index (χ0n) is 20.0. The van der Waals surface area contributed by atoms with Crippen LogP contribution >= 0.6 is 0 Å². The third-order valence-corrected chi connectivity index (χ3v) is 4.99. The average molecular weight is 489 g/mol. The molecule has 34 heavy (non-hydrogen) atoms. The predicted molar refractivity (Wildman–Crippen MR) is 117 cm³/mol. The van der Waals surface area contributed by atoms with Gasteiger partial charge in [0.25, 0.3) is 0 Å². The maximum Gasteiger partial charge on any atom is 0.408 e. The summed E-state index contributed by atoms with van der Waals surface area (Å²) in [6.45, 7) is 5.07. The number of carbonyl (C=O) groups is 3. The third-order valence-electron chi connectivity index (χ3n) is 4.99. The second-order valence-corrected chi connectivity index (χ2v) is 8.67. The van der Waals surface area contributed by atoms with Crippen molar-refractivity contribution in [2.24, 2.45) is 0 Å². The number of rotatable bonds is 7. The van der Waals surface area contributed by atoms with Crippen LogP contribution in [0.5, 0.6) is 11.5 Å². The summed E-state index contributed by atoms with van der Waals surface area (Å²) in [6.07, 6.45) is -5.42. The lowest BCUT2D eigenvalue weighted by molar-refractivity contribution is -0.139. The van der Waals surface area contributed by atoms with Crippen molar-refractivity contribution in [1.29, 1.82) is 0 Å². The summed E-state index contributed by atoms with van der Waals surface area (Å²) in [7, 11) is 2.79. The molecule has 0 aromatic heterocycles. The molecule has 1 aliphatic rings. The topological polar surface area (TPSA) is 106 Å². The second-order valence-electron chi connectivity index (χ2n) is 8.67. The van der Waals surface area contributed by atoms with Crippen molar-refractivity contribution >= 4 is 23.6 Å². The van der Waals surface area contributed by atoms with Crippen LogP contribution in [0.25, 0.3) is 0 Å². The molecular weight excluding hydrogens is 459 g/mol. The molecule has 1 heterocycles. The minimum absolute atomic E-state index is 0.103. The Morgan fingerprint density at radius 2 is 1.79 bits per heavy atom. The van der Waals surface area contributed by atoms with Crippen molar-refractivity contribution in [2.45, 2.75) is 64.4 Å². The van der Waals surface area contributed by atoms with Gasteiger partial charge < -0.3 is 24.8 Å². The number of hydrogen-bond donors (Lipinski definition) is 2. The van der Waals surface area contributed by atoms with E-state index in [9.17, 15) is 27.6 Å². The monoisotopic (exact) mass is 489 g/mol. The molecule has 2 N–H and O–H groups in total. The van der Waals surface area contributed by atoms with E-state index in [0.29, 0.717) is 11.3 Å². The molecule has 1 aromatic carbocycles. The Balaban J connectivity index is 2.43. The molecule has 1 aromatic rings. The van der Waals surface area contributed by atoms with E-state index in [1.165, 1.54) is 26.4 Å². The first-order valence-electron chi connectivity index (χ1n) is 10.6. The van der Waals surface area contributed by atoms with Crippen molar-refractivity contribution in [2.75, 3.05) is 25.7 Å². The molecule has 0 saturated carbocycles. The van der Waals surface area contributed by atoms with Crippen LogP contribution in [0, 0.1) is 0 Å². The lowest BCUT2D eigenvalue weighted by Gasteiger charge is -2.29. The molecule has 0 unspecified atom stereocenters. The molecule has 2 rings (SSSR count). The lowest BCUT2D eigenvalue weighted by atomic mass is 10.1. The summed E-state index contributed by atoms with van der Waals surface area (Å²) in [5.41, 5.74) is -0.107. The predicted octanol–water partition coefficient (Wildman–Crippen LogP) is 2.94. The van der Waals surface area contributed by atoms with Crippen LogP contribution in [0.4, 0.5) is 23.7 Å². The van der Waals surface area contributed by atoms with Crippen molar-refractivity contribution in [3.05, 3.63) is 17.7 Å². The number of halogens is 3. The van der Waals surface area contributed by atoms with Gasteiger partial charge in [-0.1, -0.05) is 6.92 Å². The molecule has 0 radical (unpaired) electrons. The van der Waals surface area contributed by atoms with Crippen LogP contribution in [0.1, 0.15) is 39.7 Å². The number of hydrogen-bond acceptors (Lipinski definition) is 6. The van der Waals surface area contributed by atoms with E-state index in [0.717, 1.165) is 4.90 Å². The average Bonchev–Trinajstić information content (AvgIpc) is 3.12. The molecule has 0 spiro atoms. The number of ether oxygens (including phenoxy) is 3. The molecule has 0 bridgehead atoms. The highest BCUT2D eigenvalue weighted by molar-refractivity contribution is 6.07. The van der Waals surface area contributed by atoms with Crippen LogP contribution in [0.2, 0.25) is 0 Å². The van der Waals surface area contributed by atoms with Crippen molar-refractivity contribution in [3.8, 4) is 11.5 Å². The van der Waals surface area contributed by atoms with E-state index in [2.05, 4.69) is 5.32 Å². The Morgan fingerprint density at radius 1 is 1.15 bits per heavy atom. The molecule has 3 amide bonds. The van der Waals surface area contributed by atoms with Gasteiger partial charge in [0, 0.05) is 12.0 Å². The maximum absolute atomic E-state index is 13.5. The smallest absolute Gasteiger partial charge is 0.408 e. The molecule has 0 saturated heterocycles. The van der Waals surface area contributed by atoms with E-state index >= 15 is 0 Å². The zero-order valence-corrected chi connectivity index (χ0v) is 20.0. The minimum Gasteiger partial charge on any atom is -0.493 e. The third kappa shape index (κ3) is 6.45. The fraction of sp³-hybridized carbons (Fsp3) is 0.591. The largest absolute Gasteiger partial charge is 0.493 e. The minimum atomic E-state index is -4.62. The van der Waals surface area contributed by atoms with Crippen molar-refractivity contribution < 1.29 is 41.8 Å². The summed E-state index contributed by atoms with van der Waals surface area (Å²) < 4.78 is 54.0. The normalized spacial score (nSPS) is 16.4. The van der Waals surface area contributed by atoms with Crippen LogP contribution in [-0.4, -0.2) is 62.5 Å². The highest BCUT2D eigenvalue weighted by atomic mass is 19.4. The van der Waals surface area contributed by atoms with E-state index < -0.39 is 48.3 Å². The van der Waals surface area contributed by atoms with E-state index in [4.69, 9.17) is 14.2 Å². The number of anilines is 1. The van der Waals surface area contributed by atoms with Gasteiger partial charge >= 0.3 is 12.3 Å². The number of nitrogens with zero attached hydrogens (tertiary/aromatic N) is 1. The molecule has 0 fully saturated rings. The van der Waals surface area contributed by atoms with Gasteiger partial charge in [-0.3, -0.25) is 14.5 Å². The summed E-state index contributed by atoms with van der Waals surface area (Å²) >= 11 is 0. The van der Waals surface area contributed by atoms with Crippen LogP contribution in [0.3, 0.4) is 0 Å². The van der Waals surface area contributed by atoms with Gasteiger partial charge in [-0.15, -0.1) is 0 Å². The Morgan fingerprint density at radius 3 is 2.29 bits per heavy atom. The van der Waals surface area contributed by atoms with Gasteiger partial charge in [0.05, 0.1) is 19.9 Å². The van der Waals surface area contributed by atoms with Crippen molar-refractivity contribution in [3.63, 3.8) is 0 Å². The molecule has 1 aliphatic heterocycles. The van der Waals surface area contributed by atoms with Gasteiger partial charge in [-0.05, 0) is 39.3 Å². The molecule has 190 valence electrons. The summed E-state index contributed by atoms with van der Waals surface area (Å²) in [6, 6.07) is 0.661. The van der Waals surface area contributed by atoms with Gasteiger partial charge in [-0.25, -0.2) is 4.79 Å². The fourth-order valence-corrected chi connectivity index (χ4v) is 3.60. The molecule has 9 nitrogen and oxygen atoms in total. The Kier molecular flexibility index (Phi) is 8.27. The first-order chi connectivity index (χ1) is 15.7. The van der Waals surface area contributed by atoms with Gasteiger partial charge in [0.15, 0.2) is 11.5 Å². The van der Waals surface area contributed by atoms with E-state index in [-0.39, 0.29) is 24.3 Å². The number of carbonyl (C=O) groups excluding carboxylic acids is 3. The molecular formula is C22H30F3N3O6. The molecule has 0 aliphatic carbocycles. The Hall–Kier alpha value is -3.18. The molecule has 12 heteroatoms. The first kappa shape index (κ1) is 27.1. The molecule has 2 atom stereocenters. The van der Waals surface area contributed by atoms with Gasteiger partial charge in [0.1, 0.15) is 24.2 Å². The van der Waals surface area contributed by atoms with Gasteiger partial charge in [-0.2, -0.15) is 13.2 Å². The number of fused-ring (bicyclic) bond motifs is 1. The quantitative estimate of drug-likeness (QED) is 0.610. The number of alkyl halides is 3. The van der Waals surface area contributed by atoms with Crippen LogP contribution < -0.4 is 25.0 Å². The van der Waals surface area contributed by atoms with E-state index in [1.807, 2.05) is 5.32 Å². The van der Waals surface area contributed by atoms with Crippen molar-refractivity contribution in [1.82, 2.24) is 10.6 Å². The SMILES string of the molecule is CC[C@H](NC(=O)OC(C)(C)C)C(=O)N1c2ccc(OC)c(OC)c2C[C@@H]1C(=O)NCC(F)(F)F.